The van der Waals surface area contributed by atoms with Gasteiger partial charge in [0, 0.05) is 33.2 Å². The van der Waals surface area contributed by atoms with Crippen LogP contribution in [0.4, 0.5) is 19.0 Å². The van der Waals surface area contributed by atoms with Gasteiger partial charge in [0.05, 0.1) is 6.20 Å². The van der Waals surface area contributed by atoms with E-state index < -0.39 is 11.9 Å². The molecule has 1 fully saturated rings. The van der Waals surface area contributed by atoms with Crippen LogP contribution in [0.1, 0.15) is 16.2 Å². The normalized spacial score (nSPS) is 15.7. The van der Waals surface area contributed by atoms with Gasteiger partial charge in [0.25, 0.3) is 5.91 Å². The minimum atomic E-state index is -4.51. The average molecular weight is 341 g/mol. The fourth-order valence-electron chi connectivity index (χ4n) is 2.39. The van der Waals surface area contributed by atoms with Crippen molar-refractivity contribution in [2.75, 3.05) is 31.1 Å². The predicted molar refractivity (Wildman–Crippen MR) is 76.2 cm³/mol. The van der Waals surface area contributed by atoms with Gasteiger partial charge in [0.2, 0.25) is 0 Å². The Hall–Kier alpha value is -2.72. The largest absolute Gasteiger partial charge is 0.435 e. The van der Waals surface area contributed by atoms with Gasteiger partial charge in [-0.1, -0.05) is 5.21 Å². The third-order valence-electron chi connectivity index (χ3n) is 3.65. The number of carbonyl (C=O) groups is 1. The highest BCUT2D eigenvalue weighted by Crippen LogP contribution is 2.27. The zero-order valence-corrected chi connectivity index (χ0v) is 12.7. The molecule has 0 saturated carbocycles. The maximum absolute atomic E-state index is 12.5. The molecule has 0 aromatic carbocycles. The summed E-state index contributed by atoms with van der Waals surface area (Å²) in [7, 11) is 1.67. The molecule has 1 saturated heterocycles. The third kappa shape index (κ3) is 3.29. The van der Waals surface area contributed by atoms with Crippen LogP contribution in [0.3, 0.4) is 0 Å². The quantitative estimate of drug-likeness (QED) is 0.795. The number of hydrogen-bond donors (Lipinski definition) is 0. The lowest BCUT2D eigenvalue weighted by molar-refractivity contribution is -0.141. The lowest BCUT2D eigenvalue weighted by Gasteiger charge is -2.34. The first-order chi connectivity index (χ1) is 11.3. The monoisotopic (exact) mass is 341 g/mol. The van der Waals surface area contributed by atoms with Gasteiger partial charge in [-0.25, -0.2) is 0 Å². The zero-order chi connectivity index (χ0) is 17.3. The molecule has 0 N–H and O–H groups in total. The van der Waals surface area contributed by atoms with E-state index in [1.54, 1.807) is 16.8 Å². The number of piperazine rings is 1. The molecule has 0 spiro atoms. The molecule has 11 heteroatoms. The number of alkyl halides is 3. The Balaban J connectivity index is 1.61. The van der Waals surface area contributed by atoms with Crippen LogP contribution in [-0.2, 0) is 13.2 Å². The lowest BCUT2D eigenvalue weighted by Crippen LogP contribution is -2.49. The Morgan fingerprint density at radius 3 is 2.29 bits per heavy atom. The number of rotatable bonds is 2. The lowest BCUT2D eigenvalue weighted by atomic mass is 10.2. The molecule has 0 unspecified atom stereocenters. The van der Waals surface area contributed by atoms with Crippen LogP contribution in [0.25, 0.3) is 0 Å². The second-order valence-corrected chi connectivity index (χ2v) is 5.33. The van der Waals surface area contributed by atoms with Crippen LogP contribution in [-0.4, -0.2) is 62.2 Å². The first kappa shape index (κ1) is 16.1. The van der Waals surface area contributed by atoms with Gasteiger partial charge in [-0.2, -0.15) is 13.2 Å². The van der Waals surface area contributed by atoms with Crippen molar-refractivity contribution in [3.05, 3.63) is 29.7 Å². The average Bonchev–Trinajstić information content (AvgIpc) is 3.00. The Morgan fingerprint density at radius 2 is 1.79 bits per heavy atom. The molecule has 0 bridgehead atoms. The van der Waals surface area contributed by atoms with Crippen LogP contribution in [0, 0.1) is 0 Å². The van der Waals surface area contributed by atoms with E-state index in [2.05, 4.69) is 20.5 Å². The van der Waals surface area contributed by atoms with Crippen molar-refractivity contribution in [1.82, 2.24) is 30.1 Å². The highest BCUT2D eigenvalue weighted by molar-refractivity contribution is 5.92. The van der Waals surface area contributed by atoms with E-state index in [0.29, 0.717) is 32.0 Å². The SMILES string of the molecule is Cn1cc(C(=O)N2CCN(c3ccc(C(F)(F)F)nn3)CC2)nn1. The summed E-state index contributed by atoms with van der Waals surface area (Å²) < 4.78 is 38.9. The summed E-state index contributed by atoms with van der Waals surface area (Å²) in [5.41, 5.74) is -0.761. The van der Waals surface area contributed by atoms with Gasteiger partial charge >= 0.3 is 6.18 Å². The van der Waals surface area contributed by atoms with Crippen molar-refractivity contribution in [3.8, 4) is 0 Å². The summed E-state index contributed by atoms with van der Waals surface area (Å²) in [4.78, 5) is 15.7. The summed E-state index contributed by atoms with van der Waals surface area (Å²) in [6.07, 6.45) is -2.97. The standard InChI is InChI=1S/C13H14F3N7O/c1-21-8-9(17-20-21)12(24)23-6-4-22(5-7-23)11-3-2-10(18-19-11)13(14,15)16/h2-3,8H,4-7H2,1H3. The van der Waals surface area contributed by atoms with Crippen LogP contribution >= 0.6 is 0 Å². The smallest absolute Gasteiger partial charge is 0.352 e. The fourth-order valence-corrected chi connectivity index (χ4v) is 2.39. The number of anilines is 1. The van der Waals surface area contributed by atoms with Gasteiger partial charge in [0.15, 0.2) is 17.2 Å². The first-order valence-corrected chi connectivity index (χ1v) is 7.16. The zero-order valence-electron chi connectivity index (χ0n) is 12.7. The molecule has 0 atom stereocenters. The van der Waals surface area contributed by atoms with Crippen molar-refractivity contribution in [1.29, 1.82) is 0 Å². The fraction of sp³-hybridized carbons (Fsp3) is 0.462. The van der Waals surface area contributed by atoms with Crippen LogP contribution in [0.15, 0.2) is 18.3 Å². The van der Waals surface area contributed by atoms with Crippen LogP contribution < -0.4 is 4.90 Å². The molecule has 2 aromatic heterocycles. The molecular formula is C13H14F3N7O. The molecule has 1 aliphatic heterocycles. The maximum atomic E-state index is 12.5. The Kier molecular flexibility index (Phi) is 4.08. The van der Waals surface area contributed by atoms with Crippen molar-refractivity contribution < 1.29 is 18.0 Å². The second kappa shape index (κ2) is 6.06. The molecule has 1 amide bonds. The van der Waals surface area contributed by atoms with E-state index >= 15 is 0 Å². The van der Waals surface area contributed by atoms with E-state index in [4.69, 9.17) is 0 Å². The molecule has 0 aliphatic carbocycles. The maximum Gasteiger partial charge on any atom is 0.435 e. The van der Waals surface area contributed by atoms with Gasteiger partial charge in [-0.3, -0.25) is 9.48 Å². The first-order valence-electron chi connectivity index (χ1n) is 7.16. The molecule has 128 valence electrons. The molecule has 8 nitrogen and oxygen atoms in total. The summed E-state index contributed by atoms with van der Waals surface area (Å²) >= 11 is 0. The second-order valence-electron chi connectivity index (χ2n) is 5.33. The number of carbonyl (C=O) groups excluding carboxylic acids is 1. The van der Waals surface area contributed by atoms with Gasteiger partial charge < -0.3 is 9.80 Å². The van der Waals surface area contributed by atoms with E-state index in [0.717, 1.165) is 6.07 Å². The van der Waals surface area contributed by atoms with Crippen molar-refractivity contribution >= 4 is 11.7 Å². The van der Waals surface area contributed by atoms with E-state index in [-0.39, 0.29) is 11.6 Å². The number of nitrogens with zero attached hydrogens (tertiary/aromatic N) is 7. The Morgan fingerprint density at radius 1 is 1.08 bits per heavy atom. The summed E-state index contributed by atoms with van der Waals surface area (Å²) in [6.45, 7) is 1.73. The van der Waals surface area contributed by atoms with Gasteiger partial charge in [-0.05, 0) is 12.1 Å². The Labute approximate surface area is 134 Å². The molecular weight excluding hydrogens is 327 g/mol. The number of aryl methyl sites for hydroxylation is 1. The van der Waals surface area contributed by atoms with E-state index in [1.807, 2.05) is 0 Å². The molecule has 1 aliphatic rings. The van der Waals surface area contributed by atoms with Gasteiger partial charge in [0.1, 0.15) is 0 Å². The topological polar surface area (TPSA) is 80.0 Å². The number of halogens is 3. The third-order valence-corrected chi connectivity index (χ3v) is 3.65. The molecule has 0 radical (unpaired) electrons. The van der Waals surface area contributed by atoms with Gasteiger partial charge in [-0.15, -0.1) is 15.3 Å². The van der Waals surface area contributed by atoms with Crippen LogP contribution in [0.5, 0.6) is 0 Å². The molecule has 2 aromatic rings. The van der Waals surface area contributed by atoms with Crippen molar-refractivity contribution in [2.24, 2.45) is 7.05 Å². The van der Waals surface area contributed by atoms with E-state index in [9.17, 15) is 18.0 Å². The summed E-state index contributed by atoms with van der Waals surface area (Å²) in [6, 6.07) is 2.19. The highest BCUT2D eigenvalue weighted by Gasteiger charge is 2.33. The Bertz CT molecular complexity index is 720. The summed E-state index contributed by atoms with van der Waals surface area (Å²) in [5.74, 6) is 0.135. The predicted octanol–water partition coefficient (Wildman–Crippen LogP) is 0.586. The number of amides is 1. The highest BCUT2D eigenvalue weighted by atomic mass is 19.4. The van der Waals surface area contributed by atoms with Crippen molar-refractivity contribution in [2.45, 2.75) is 6.18 Å². The molecule has 3 rings (SSSR count). The molecule has 3 heterocycles. The van der Waals surface area contributed by atoms with Crippen LogP contribution in [0.2, 0.25) is 0 Å². The summed E-state index contributed by atoms with van der Waals surface area (Å²) in [5, 5.41) is 14.3. The molecule has 24 heavy (non-hydrogen) atoms. The minimum Gasteiger partial charge on any atom is -0.352 e. The minimum absolute atomic E-state index is 0.221. The van der Waals surface area contributed by atoms with E-state index in [1.165, 1.54) is 16.9 Å². The number of hydrogen-bond acceptors (Lipinski definition) is 6. The van der Waals surface area contributed by atoms with Crippen molar-refractivity contribution in [3.63, 3.8) is 0 Å². The number of aromatic nitrogens is 5.